The van der Waals surface area contributed by atoms with Gasteiger partial charge in [0.1, 0.15) is 0 Å². The van der Waals surface area contributed by atoms with Gasteiger partial charge in [0, 0.05) is 39.9 Å². The van der Waals surface area contributed by atoms with Crippen LogP contribution in [0, 0.1) is 0 Å². The second-order valence-corrected chi connectivity index (χ2v) is 8.68. The van der Waals surface area contributed by atoms with E-state index in [2.05, 4.69) is 73.2 Å². The summed E-state index contributed by atoms with van der Waals surface area (Å²) in [6.07, 6.45) is 2.24. The van der Waals surface area contributed by atoms with Crippen molar-refractivity contribution in [2.45, 2.75) is 37.9 Å². The summed E-state index contributed by atoms with van der Waals surface area (Å²) in [4.78, 5) is 2.64. The van der Waals surface area contributed by atoms with Gasteiger partial charge in [0.2, 0.25) is 0 Å². The fourth-order valence-electron chi connectivity index (χ4n) is 4.17. The molecule has 4 heteroatoms. The van der Waals surface area contributed by atoms with Crippen LogP contribution in [0.15, 0.2) is 45.3 Å². The van der Waals surface area contributed by atoms with Gasteiger partial charge in [-0.3, -0.25) is 4.90 Å². The number of nitrogens with zero attached hydrogens (tertiary/aromatic N) is 1. The van der Waals surface area contributed by atoms with Crippen molar-refractivity contribution in [2.75, 3.05) is 5.88 Å². The fourth-order valence-corrected chi connectivity index (χ4v) is 5.11. The maximum absolute atomic E-state index is 5.99. The third kappa shape index (κ3) is 2.90. The number of alkyl halides is 1. The minimum Gasteiger partial charge on any atom is -0.291 e. The molecule has 2 bridgehead atoms. The van der Waals surface area contributed by atoms with Gasteiger partial charge >= 0.3 is 0 Å². The lowest BCUT2D eigenvalue weighted by Gasteiger charge is -2.47. The predicted octanol–water partition coefficient (Wildman–Crippen LogP) is 6.06. The van der Waals surface area contributed by atoms with Gasteiger partial charge in [-0.05, 0) is 59.4 Å². The van der Waals surface area contributed by atoms with Crippen LogP contribution in [0.25, 0.3) is 0 Å². The molecular formula is C19H18Br2ClN. The van der Waals surface area contributed by atoms with Gasteiger partial charge in [-0.15, -0.1) is 11.6 Å². The molecule has 23 heavy (non-hydrogen) atoms. The fraction of sp³-hybridized carbons (Fsp3) is 0.368. The Kier molecular flexibility index (Phi) is 4.57. The molecule has 0 aliphatic carbocycles. The molecule has 0 fully saturated rings. The molecule has 0 saturated heterocycles. The van der Waals surface area contributed by atoms with E-state index in [9.17, 15) is 0 Å². The minimum atomic E-state index is 0.455. The van der Waals surface area contributed by atoms with Gasteiger partial charge in [-0.2, -0.15) is 0 Å². The summed E-state index contributed by atoms with van der Waals surface area (Å²) in [6.45, 7) is 2.08. The van der Waals surface area contributed by atoms with Gasteiger partial charge in [0.15, 0.2) is 0 Å². The Morgan fingerprint density at radius 3 is 2.52 bits per heavy atom. The van der Waals surface area contributed by atoms with Crippen molar-refractivity contribution in [3.8, 4) is 0 Å². The highest BCUT2D eigenvalue weighted by molar-refractivity contribution is 9.10. The average molecular weight is 456 g/mol. The van der Waals surface area contributed by atoms with E-state index in [1.54, 1.807) is 0 Å². The van der Waals surface area contributed by atoms with Crippen LogP contribution in [0.4, 0.5) is 0 Å². The monoisotopic (exact) mass is 453 g/mol. The summed E-state index contributed by atoms with van der Waals surface area (Å²) in [6, 6.07) is 14.1. The highest BCUT2D eigenvalue weighted by Crippen LogP contribution is 2.46. The molecule has 120 valence electrons. The standard InChI is InChI=1S/C19H18Br2ClN/c20-14-5-6-16-13(8-14)11-23-10-12-3-4-15(21)9-17(12)19(16)18(23)2-1-7-22/h3-6,8-9,18-19H,1-2,7,10-11H2/t18-,19+/m0/s1. The quantitative estimate of drug-likeness (QED) is 0.509. The number of hydrogen-bond acceptors (Lipinski definition) is 1. The minimum absolute atomic E-state index is 0.455. The van der Waals surface area contributed by atoms with Crippen LogP contribution in [0.3, 0.4) is 0 Å². The van der Waals surface area contributed by atoms with Crippen molar-refractivity contribution >= 4 is 43.5 Å². The van der Waals surface area contributed by atoms with E-state index in [4.69, 9.17) is 11.6 Å². The SMILES string of the molecule is ClCCC[C@H]1[C@@H]2c3ccc(Br)cc3CN1Cc1ccc(Br)cc12. The van der Waals surface area contributed by atoms with Crippen molar-refractivity contribution in [3.05, 3.63) is 67.6 Å². The van der Waals surface area contributed by atoms with E-state index >= 15 is 0 Å². The van der Waals surface area contributed by atoms with E-state index in [1.807, 2.05) is 0 Å². The maximum Gasteiger partial charge on any atom is 0.0252 e. The Bertz CT molecular complexity index is 746. The predicted molar refractivity (Wildman–Crippen MR) is 103 cm³/mol. The zero-order chi connectivity index (χ0) is 16.0. The molecule has 2 aliphatic heterocycles. The first-order valence-electron chi connectivity index (χ1n) is 8.04. The second kappa shape index (κ2) is 6.51. The molecule has 2 heterocycles. The normalized spacial score (nSPS) is 24.9. The third-order valence-corrected chi connectivity index (χ3v) is 6.37. The molecule has 0 radical (unpaired) electrons. The Morgan fingerprint density at radius 2 is 1.70 bits per heavy atom. The molecule has 1 unspecified atom stereocenters. The molecule has 0 spiro atoms. The van der Waals surface area contributed by atoms with Crippen LogP contribution in [-0.4, -0.2) is 16.8 Å². The highest BCUT2D eigenvalue weighted by Gasteiger charge is 2.40. The Labute approximate surface area is 159 Å². The number of halogens is 3. The zero-order valence-electron chi connectivity index (χ0n) is 12.7. The molecule has 2 aromatic rings. The van der Waals surface area contributed by atoms with E-state index in [0.29, 0.717) is 12.0 Å². The van der Waals surface area contributed by atoms with E-state index < -0.39 is 0 Å². The first kappa shape index (κ1) is 16.1. The summed E-state index contributed by atoms with van der Waals surface area (Å²) in [5, 5.41) is 0. The molecule has 2 aliphatic rings. The topological polar surface area (TPSA) is 3.24 Å². The van der Waals surface area contributed by atoms with Crippen LogP contribution in [0.5, 0.6) is 0 Å². The van der Waals surface area contributed by atoms with Crippen molar-refractivity contribution in [1.29, 1.82) is 0 Å². The first-order chi connectivity index (χ1) is 11.2. The van der Waals surface area contributed by atoms with Crippen LogP contribution >= 0.6 is 43.5 Å². The zero-order valence-corrected chi connectivity index (χ0v) is 16.7. The summed E-state index contributed by atoms with van der Waals surface area (Å²) in [7, 11) is 0. The first-order valence-corrected chi connectivity index (χ1v) is 10.2. The Balaban J connectivity index is 1.86. The Morgan fingerprint density at radius 1 is 0.957 bits per heavy atom. The number of hydrogen-bond donors (Lipinski definition) is 0. The third-order valence-electron chi connectivity index (χ3n) is 5.12. The average Bonchev–Trinajstić information content (AvgIpc) is 2.53. The summed E-state index contributed by atoms with van der Waals surface area (Å²) in [5.74, 6) is 1.20. The maximum atomic E-state index is 5.99. The molecular weight excluding hydrogens is 437 g/mol. The largest absolute Gasteiger partial charge is 0.291 e. The molecule has 0 aromatic heterocycles. The van der Waals surface area contributed by atoms with Gasteiger partial charge < -0.3 is 0 Å². The number of rotatable bonds is 3. The van der Waals surface area contributed by atoms with E-state index in [0.717, 1.165) is 31.8 Å². The lowest BCUT2D eigenvalue weighted by molar-refractivity contribution is 0.123. The second-order valence-electron chi connectivity index (χ2n) is 6.47. The highest BCUT2D eigenvalue weighted by atomic mass is 79.9. The molecule has 0 N–H and O–H groups in total. The van der Waals surface area contributed by atoms with Gasteiger partial charge in [0.25, 0.3) is 0 Å². The number of fused-ring (bicyclic) bond motifs is 6. The summed E-state index contributed by atoms with van der Waals surface area (Å²) < 4.78 is 2.34. The lowest BCUT2D eigenvalue weighted by atomic mass is 9.73. The molecule has 2 aromatic carbocycles. The van der Waals surface area contributed by atoms with Gasteiger partial charge in [-0.1, -0.05) is 44.0 Å². The summed E-state index contributed by atoms with van der Waals surface area (Å²) in [5.41, 5.74) is 5.90. The molecule has 0 saturated carbocycles. The van der Waals surface area contributed by atoms with Crippen LogP contribution < -0.4 is 0 Å². The Hall–Kier alpha value is -0.350. The van der Waals surface area contributed by atoms with E-state index in [-0.39, 0.29) is 0 Å². The molecule has 1 nitrogen and oxygen atoms in total. The van der Waals surface area contributed by atoms with Crippen molar-refractivity contribution in [2.24, 2.45) is 0 Å². The smallest absolute Gasteiger partial charge is 0.0252 e. The molecule has 0 amide bonds. The van der Waals surface area contributed by atoms with Crippen molar-refractivity contribution in [1.82, 2.24) is 4.90 Å². The molecule has 4 rings (SSSR count). The summed E-state index contributed by atoms with van der Waals surface area (Å²) >= 11 is 13.3. The number of benzene rings is 2. The van der Waals surface area contributed by atoms with Crippen molar-refractivity contribution < 1.29 is 0 Å². The van der Waals surface area contributed by atoms with E-state index in [1.165, 1.54) is 31.2 Å². The molecule has 3 atom stereocenters. The van der Waals surface area contributed by atoms with Gasteiger partial charge in [0.05, 0.1) is 0 Å². The van der Waals surface area contributed by atoms with Gasteiger partial charge in [-0.25, -0.2) is 0 Å². The van der Waals surface area contributed by atoms with Crippen LogP contribution in [0.1, 0.15) is 41.0 Å². The lowest BCUT2D eigenvalue weighted by Crippen LogP contribution is -2.47. The van der Waals surface area contributed by atoms with Crippen LogP contribution in [0.2, 0.25) is 0 Å². The van der Waals surface area contributed by atoms with Crippen molar-refractivity contribution in [3.63, 3.8) is 0 Å². The van der Waals surface area contributed by atoms with Crippen LogP contribution in [-0.2, 0) is 13.1 Å².